The lowest BCUT2D eigenvalue weighted by atomic mass is 10.1. The molecule has 1 aliphatic rings. The second-order valence-electron chi connectivity index (χ2n) is 2.22. The van der Waals surface area contributed by atoms with Gasteiger partial charge in [0.05, 0.1) is 0 Å². The SMILES string of the molecule is FC1C=CN(F)C(F)(Br)C1(F)F. The van der Waals surface area contributed by atoms with E-state index >= 15 is 0 Å². The summed E-state index contributed by atoms with van der Waals surface area (Å²) in [5.41, 5.74) is 0. The molecule has 0 aromatic carbocycles. The molecule has 1 nitrogen and oxygen atoms in total. The number of alkyl halides is 5. The normalized spacial score (nSPS) is 40.2. The van der Waals surface area contributed by atoms with Crippen LogP contribution in [0.15, 0.2) is 12.3 Å². The first-order chi connectivity index (χ1) is 5.30. The van der Waals surface area contributed by atoms with Crippen LogP contribution in [0.5, 0.6) is 0 Å². The second-order valence-corrected chi connectivity index (χ2v) is 3.27. The highest BCUT2D eigenvalue weighted by Crippen LogP contribution is 2.47. The van der Waals surface area contributed by atoms with Crippen LogP contribution in [-0.4, -0.2) is 21.9 Å². The van der Waals surface area contributed by atoms with Crippen molar-refractivity contribution in [3.05, 3.63) is 12.3 Å². The number of nitrogens with zero attached hydrogens (tertiary/aromatic N) is 1. The van der Waals surface area contributed by atoms with E-state index in [4.69, 9.17) is 0 Å². The van der Waals surface area contributed by atoms with Gasteiger partial charge in [0.1, 0.15) is 0 Å². The molecule has 0 aromatic rings. The summed E-state index contributed by atoms with van der Waals surface area (Å²) in [6, 6.07) is 0. The number of halogens is 6. The van der Waals surface area contributed by atoms with Gasteiger partial charge >= 0.3 is 10.6 Å². The zero-order valence-corrected chi connectivity index (χ0v) is 7.03. The van der Waals surface area contributed by atoms with Crippen LogP contribution in [0.4, 0.5) is 22.0 Å². The molecule has 0 amide bonds. The van der Waals surface area contributed by atoms with Gasteiger partial charge < -0.3 is 0 Å². The molecule has 0 saturated heterocycles. The van der Waals surface area contributed by atoms with Gasteiger partial charge in [-0.25, -0.2) is 4.39 Å². The average Bonchev–Trinajstić information content (AvgIpc) is 1.96. The lowest BCUT2D eigenvalue weighted by Gasteiger charge is -2.35. The van der Waals surface area contributed by atoms with Crippen molar-refractivity contribution in [3.63, 3.8) is 0 Å². The third kappa shape index (κ3) is 1.10. The third-order valence-corrected chi connectivity index (χ3v) is 2.27. The predicted octanol–water partition coefficient (Wildman–Crippen LogP) is 2.69. The van der Waals surface area contributed by atoms with E-state index in [1.165, 1.54) is 0 Å². The molecule has 0 bridgehead atoms. The van der Waals surface area contributed by atoms with Crippen LogP contribution in [0.25, 0.3) is 0 Å². The zero-order chi connectivity index (χ0) is 9.57. The maximum Gasteiger partial charge on any atom is 0.346 e. The van der Waals surface area contributed by atoms with Gasteiger partial charge in [0.25, 0.3) is 0 Å². The molecule has 0 fully saturated rings. The number of rotatable bonds is 0. The second kappa shape index (κ2) is 2.58. The average molecular weight is 252 g/mol. The third-order valence-electron chi connectivity index (χ3n) is 1.40. The smallest absolute Gasteiger partial charge is 0.236 e. The number of hydrogen-bond acceptors (Lipinski definition) is 1. The maximum atomic E-state index is 12.7. The number of allylic oxidation sites excluding steroid dienone is 1. The first-order valence-electron chi connectivity index (χ1n) is 2.83. The van der Waals surface area contributed by atoms with Crippen molar-refractivity contribution in [3.8, 4) is 0 Å². The Morgan fingerprint density at radius 3 is 2.25 bits per heavy atom. The van der Waals surface area contributed by atoms with E-state index in [1.807, 2.05) is 0 Å². The quantitative estimate of drug-likeness (QED) is 0.277. The molecule has 0 aliphatic carbocycles. The van der Waals surface area contributed by atoms with E-state index in [2.05, 4.69) is 0 Å². The van der Waals surface area contributed by atoms with Crippen molar-refractivity contribution < 1.29 is 22.0 Å². The van der Waals surface area contributed by atoms with Crippen molar-refractivity contribution in [2.75, 3.05) is 0 Å². The molecule has 0 aromatic heterocycles. The first kappa shape index (κ1) is 9.76. The molecular weight excluding hydrogens is 249 g/mol. The van der Waals surface area contributed by atoms with Gasteiger partial charge in [-0.1, -0.05) is 4.48 Å². The van der Waals surface area contributed by atoms with Crippen LogP contribution in [0, 0.1) is 0 Å². The van der Waals surface area contributed by atoms with E-state index in [0.29, 0.717) is 0 Å². The molecule has 70 valence electrons. The zero-order valence-electron chi connectivity index (χ0n) is 5.45. The fraction of sp³-hybridized carbons (Fsp3) is 0.600. The van der Waals surface area contributed by atoms with Crippen molar-refractivity contribution in [1.82, 2.24) is 5.12 Å². The van der Waals surface area contributed by atoms with Crippen molar-refractivity contribution in [2.24, 2.45) is 0 Å². The highest BCUT2D eigenvalue weighted by molar-refractivity contribution is 9.10. The fourth-order valence-corrected chi connectivity index (χ4v) is 1.01. The van der Waals surface area contributed by atoms with Gasteiger partial charge in [-0.2, -0.15) is 18.3 Å². The molecule has 0 radical (unpaired) electrons. The molecule has 1 aliphatic heterocycles. The monoisotopic (exact) mass is 251 g/mol. The lowest BCUT2D eigenvalue weighted by Crippen LogP contribution is -2.55. The fourth-order valence-electron chi connectivity index (χ4n) is 0.674. The topological polar surface area (TPSA) is 3.24 Å². The standard InChI is InChI=1S/C5H3BrF5N/c6-5(10)4(8,9)3(7)1-2-12(5)11/h1-3H. The van der Waals surface area contributed by atoms with Crippen LogP contribution in [0.3, 0.4) is 0 Å². The number of hydrogen-bond donors (Lipinski definition) is 0. The summed E-state index contributed by atoms with van der Waals surface area (Å²) in [5.74, 6) is -4.45. The summed E-state index contributed by atoms with van der Waals surface area (Å²) < 4.78 is 58.5. The Bertz CT molecular complexity index is 194. The van der Waals surface area contributed by atoms with Gasteiger partial charge in [0.2, 0.25) is 0 Å². The molecule has 1 rings (SSSR count). The van der Waals surface area contributed by atoms with E-state index in [9.17, 15) is 22.0 Å². The molecule has 7 heteroatoms. The molecule has 0 N–H and O–H groups in total. The highest BCUT2D eigenvalue weighted by Gasteiger charge is 2.64. The molecule has 2 unspecified atom stereocenters. The van der Waals surface area contributed by atoms with Gasteiger partial charge in [-0.3, -0.25) is 0 Å². The van der Waals surface area contributed by atoms with Crippen LogP contribution >= 0.6 is 15.9 Å². The van der Waals surface area contributed by atoms with E-state index in [1.54, 1.807) is 15.9 Å². The summed E-state index contributed by atoms with van der Waals surface area (Å²) >= 11 is 1.76. The Kier molecular flexibility index (Phi) is 2.10. The van der Waals surface area contributed by atoms with Gasteiger partial charge in [-0.05, 0) is 22.0 Å². The van der Waals surface area contributed by atoms with Crippen molar-refractivity contribution in [2.45, 2.75) is 16.8 Å². The molecule has 1 heterocycles. The minimum Gasteiger partial charge on any atom is -0.236 e. The maximum absolute atomic E-state index is 12.7. The summed E-state index contributed by atoms with van der Waals surface area (Å²) in [6.07, 6.45) is -2.34. The van der Waals surface area contributed by atoms with Crippen molar-refractivity contribution >= 4 is 15.9 Å². The molecule has 2 atom stereocenters. The van der Waals surface area contributed by atoms with Crippen molar-refractivity contribution in [1.29, 1.82) is 0 Å². The molecule has 12 heavy (non-hydrogen) atoms. The first-order valence-corrected chi connectivity index (χ1v) is 3.62. The van der Waals surface area contributed by atoms with Gasteiger partial charge in [-0.15, -0.1) is 0 Å². The Morgan fingerprint density at radius 2 is 1.83 bits per heavy atom. The molecular formula is C5H3BrF5N. The largest absolute Gasteiger partial charge is 0.346 e. The summed E-state index contributed by atoms with van der Waals surface area (Å²) in [5, 5.41) is -0.927. The summed E-state index contributed by atoms with van der Waals surface area (Å²) in [7, 11) is 0. The highest BCUT2D eigenvalue weighted by atomic mass is 79.9. The lowest BCUT2D eigenvalue weighted by molar-refractivity contribution is -0.223. The molecule has 0 spiro atoms. The van der Waals surface area contributed by atoms with Crippen LogP contribution in [0.1, 0.15) is 0 Å². The summed E-state index contributed by atoms with van der Waals surface area (Å²) in [4.78, 5) is 0. The van der Waals surface area contributed by atoms with E-state index < -0.39 is 21.9 Å². The van der Waals surface area contributed by atoms with Crippen LogP contribution < -0.4 is 0 Å². The Morgan fingerprint density at radius 1 is 1.33 bits per heavy atom. The minimum absolute atomic E-state index is 0.235. The molecule has 0 saturated carbocycles. The van der Waals surface area contributed by atoms with Gasteiger partial charge in [0, 0.05) is 6.20 Å². The van der Waals surface area contributed by atoms with E-state index in [-0.39, 0.29) is 12.3 Å². The predicted molar refractivity (Wildman–Crippen MR) is 34.7 cm³/mol. The minimum atomic E-state index is -4.45. The summed E-state index contributed by atoms with van der Waals surface area (Å²) in [6.45, 7) is 0. The van der Waals surface area contributed by atoms with Crippen LogP contribution in [-0.2, 0) is 0 Å². The van der Waals surface area contributed by atoms with E-state index in [0.717, 1.165) is 0 Å². The van der Waals surface area contributed by atoms with Gasteiger partial charge in [0.15, 0.2) is 6.17 Å². The Balaban J connectivity index is 3.07. The Labute approximate surface area is 72.9 Å². The van der Waals surface area contributed by atoms with Crippen LogP contribution in [0.2, 0.25) is 0 Å². The Hall–Kier alpha value is -0.330.